The minimum Gasteiger partial charge on any atom is -0.348 e. The van der Waals surface area contributed by atoms with E-state index in [-0.39, 0.29) is 24.3 Å². The quantitative estimate of drug-likeness (QED) is 0.492. The number of nitrogens with zero attached hydrogens (tertiary/aromatic N) is 2. The molecule has 0 radical (unpaired) electrons. The van der Waals surface area contributed by atoms with Crippen LogP contribution in [0.5, 0.6) is 0 Å². The molecular formula is C24H19ClFN3O2. The number of rotatable bonds is 5. The minimum absolute atomic E-state index is 0.204. The molecule has 0 aliphatic rings. The molecule has 1 amide bonds. The summed E-state index contributed by atoms with van der Waals surface area (Å²) in [7, 11) is 0. The van der Waals surface area contributed by atoms with Crippen molar-refractivity contribution in [1.82, 2.24) is 14.9 Å². The van der Waals surface area contributed by atoms with E-state index in [4.69, 9.17) is 11.6 Å². The number of carbonyl (C=O) groups is 1. The van der Waals surface area contributed by atoms with Crippen LogP contribution in [0.3, 0.4) is 0 Å². The molecule has 0 fully saturated rings. The van der Waals surface area contributed by atoms with Crippen molar-refractivity contribution in [3.05, 3.63) is 99.7 Å². The van der Waals surface area contributed by atoms with Gasteiger partial charge in [0, 0.05) is 16.0 Å². The zero-order chi connectivity index (χ0) is 22.0. The first-order chi connectivity index (χ1) is 14.9. The molecule has 1 heterocycles. The van der Waals surface area contributed by atoms with Gasteiger partial charge in [0.2, 0.25) is 5.91 Å². The molecule has 4 aromatic rings. The first-order valence-electron chi connectivity index (χ1n) is 9.73. The van der Waals surface area contributed by atoms with Gasteiger partial charge in [0.25, 0.3) is 0 Å². The Balaban J connectivity index is 1.68. The molecule has 3 aromatic carbocycles. The van der Waals surface area contributed by atoms with Crippen molar-refractivity contribution in [1.29, 1.82) is 0 Å². The maximum Gasteiger partial charge on any atom is 0.349 e. The molecule has 0 saturated heterocycles. The van der Waals surface area contributed by atoms with Gasteiger partial charge in [0.15, 0.2) is 0 Å². The van der Waals surface area contributed by atoms with Crippen LogP contribution in [0.1, 0.15) is 18.5 Å². The van der Waals surface area contributed by atoms with E-state index in [1.165, 1.54) is 16.7 Å². The highest BCUT2D eigenvalue weighted by Gasteiger charge is 2.16. The molecule has 1 atom stereocenters. The highest BCUT2D eigenvalue weighted by atomic mass is 35.5. The first kappa shape index (κ1) is 20.8. The Morgan fingerprint density at radius 1 is 1.10 bits per heavy atom. The lowest BCUT2D eigenvalue weighted by Gasteiger charge is -2.16. The van der Waals surface area contributed by atoms with E-state index < -0.39 is 5.69 Å². The Bertz CT molecular complexity index is 1300. The molecule has 4 rings (SSSR count). The summed E-state index contributed by atoms with van der Waals surface area (Å²) in [5, 5.41) is 4.02. The van der Waals surface area contributed by atoms with Crippen LogP contribution in [0.2, 0.25) is 5.02 Å². The maximum atomic E-state index is 13.1. The third-order valence-corrected chi connectivity index (χ3v) is 5.27. The fourth-order valence-corrected chi connectivity index (χ4v) is 3.66. The van der Waals surface area contributed by atoms with Gasteiger partial charge in [-0.1, -0.05) is 54.1 Å². The molecule has 0 aliphatic heterocycles. The third-order valence-electron chi connectivity index (χ3n) is 5.04. The van der Waals surface area contributed by atoms with E-state index >= 15 is 0 Å². The largest absolute Gasteiger partial charge is 0.349 e. The van der Waals surface area contributed by atoms with Crippen LogP contribution in [0.25, 0.3) is 22.2 Å². The number of aromatic nitrogens is 2. The summed E-state index contributed by atoms with van der Waals surface area (Å²) in [6, 6.07) is 20.0. The van der Waals surface area contributed by atoms with Crippen molar-refractivity contribution in [3.8, 4) is 11.3 Å². The lowest BCUT2D eigenvalue weighted by Crippen LogP contribution is -2.35. The van der Waals surface area contributed by atoms with Crippen LogP contribution in [0.15, 0.2) is 77.6 Å². The SMILES string of the molecule is C[C@H](NC(=O)Cn1c(=O)nc(-c2ccccc2)c2cc(Cl)ccc21)c1ccc(F)cc1. The topological polar surface area (TPSA) is 64.0 Å². The molecule has 0 bridgehead atoms. The van der Waals surface area contributed by atoms with Gasteiger partial charge >= 0.3 is 5.69 Å². The summed E-state index contributed by atoms with van der Waals surface area (Å²) >= 11 is 6.20. The number of hydrogen-bond acceptors (Lipinski definition) is 3. The molecule has 7 heteroatoms. The fraction of sp³-hybridized carbons (Fsp3) is 0.125. The van der Waals surface area contributed by atoms with Crippen LogP contribution < -0.4 is 11.0 Å². The summed E-state index contributed by atoms with van der Waals surface area (Å²) in [5.41, 5.74) is 2.09. The normalized spacial score (nSPS) is 12.0. The Kier molecular flexibility index (Phi) is 5.82. The van der Waals surface area contributed by atoms with Gasteiger partial charge in [-0.3, -0.25) is 9.36 Å². The molecule has 0 aliphatic carbocycles. The van der Waals surface area contributed by atoms with Crippen LogP contribution in [0.4, 0.5) is 4.39 Å². The fourth-order valence-electron chi connectivity index (χ4n) is 3.49. The van der Waals surface area contributed by atoms with E-state index in [0.717, 1.165) is 11.1 Å². The van der Waals surface area contributed by atoms with Gasteiger partial charge in [-0.15, -0.1) is 0 Å². The van der Waals surface area contributed by atoms with E-state index in [2.05, 4.69) is 10.3 Å². The average Bonchev–Trinajstić information content (AvgIpc) is 2.76. The monoisotopic (exact) mass is 435 g/mol. The molecule has 0 unspecified atom stereocenters. The zero-order valence-corrected chi connectivity index (χ0v) is 17.4. The summed E-state index contributed by atoms with van der Waals surface area (Å²) < 4.78 is 14.5. The van der Waals surface area contributed by atoms with Crippen molar-refractivity contribution < 1.29 is 9.18 Å². The summed E-state index contributed by atoms with van der Waals surface area (Å²) in [4.78, 5) is 29.8. The van der Waals surface area contributed by atoms with Gasteiger partial charge < -0.3 is 5.32 Å². The Hall–Kier alpha value is -3.51. The summed E-state index contributed by atoms with van der Waals surface area (Å²) in [5.74, 6) is -0.701. The van der Waals surface area contributed by atoms with Gasteiger partial charge in [0.05, 0.1) is 17.3 Å². The number of nitrogens with one attached hydrogen (secondary N) is 1. The lowest BCUT2D eigenvalue weighted by molar-refractivity contribution is -0.122. The number of carbonyl (C=O) groups excluding carboxylic acids is 1. The number of benzene rings is 3. The van der Waals surface area contributed by atoms with E-state index in [1.807, 2.05) is 30.3 Å². The minimum atomic E-state index is -0.529. The molecule has 1 aromatic heterocycles. The number of fused-ring (bicyclic) bond motifs is 1. The van der Waals surface area contributed by atoms with Crippen molar-refractivity contribution in [2.24, 2.45) is 0 Å². The van der Waals surface area contributed by atoms with E-state index in [9.17, 15) is 14.0 Å². The number of amides is 1. The van der Waals surface area contributed by atoms with Gasteiger partial charge in [-0.25, -0.2) is 9.18 Å². The van der Waals surface area contributed by atoms with Crippen molar-refractivity contribution in [3.63, 3.8) is 0 Å². The molecule has 0 saturated carbocycles. The molecule has 156 valence electrons. The molecule has 5 nitrogen and oxygen atoms in total. The Morgan fingerprint density at radius 2 is 1.81 bits per heavy atom. The Labute approximate surface area is 183 Å². The lowest BCUT2D eigenvalue weighted by atomic mass is 10.1. The number of hydrogen-bond donors (Lipinski definition) is 1. The van der Waals surface area contributed by atoms with Gasteiger partial charge in [-0.05, 0) is 42.8 Å². The van der Waals surface area contributed by atoms with E-state index in [0.29, 0.717) is 21.6 Å². The predicted octanol–water partition coefficient (Wildman–Crippen LogP) is 4.73. The van der Waals surface area contributed by atoms with Gasteiger partial charge in [-0.2, -0.15) is 4.98 Å². The Morgan fingerprint density at radius 3 is 2.52 bits per heavy atom. The highest BCUT2D eigenvalue weighted by Crippen LogP contribution is 2.27. The van der Waals surface area contributed by atoms with Crippen molar-refractivity contribution in [2.75, 3.05) is 0 Å². The van der Waals surface area contributed by atoms with Crippen LogP contribution >= 0.6 is 11.6 Å². The zero-order valence-electron chi connectivity index (χ0n) is 16.7. The second-order valence-corrected chi connectivity index (χ2v) is 7.63. The standard InChI is InChI=1S/C24H19ClFN3O2/c1-15(16-7-10-19(26)11-8-16)27-22(30)14-29-21-12-9-18(25)13-20(21)23(28-24(29)31)17-5-3-2-4-6-17/h2-13,15H,14H2,1H3,(H,27,30)/t15-/m0/s1. The van der Waals surface area contributed by atoms with Crippen molar-refractivity contribution >= 4 is 28.4 Å². The van der Waals surface area contributed by atoms with Crippen LogP contribution in [0, 0.1) is 5.82 Å². The summed E-state index contributed by atoms with van der Waals surface area (Å²) in [6.45, 7) is 1.59. The summed E-state index contributed by atoms with van der Waals surface area (Å²) in [6.07, 6.45) is 0. The highest BCUT2D eigenvalue weighted by molar-refractivity contribution is 6.31. The molecule has 31 heavy (non-hydrogen) atoms. The average molecular weight is 436 g/mol. The second-order valence-electron chi connectivity index (χ2n) is 7.20. The molecule has 1 N–H and O–H groups in total. The first-order valence-corrected chi connectivity index (χ1v) is 10.1. The van der Waals surface area contributed by atoms with Crippen molar-refractivity contribution in [2.45, 2.75) is 19.5 Å². The second kappa shape index (κ2) is 8.70. The van der Waals surface area contributed by atoms with Crippen LogP contribution in [-0.4, -0.2) is 15.5 Å². The maximum absolute atomic E-state index is 13.1. The van der Waals surface area contributed by atoms with Gasteiger partial charge in [0.1, 0.15) is 12.4 Å². The predicted molar refractivity (Wildman–Crippen MR) is 119 cm³/mol. The molecular weight excluding hydrogens is 417 g/mol. The third kappa shape index (κ3) is 4.49. The smallest absolute Gasteiger partial charge is 0.348 e. The molecule has 0 spiro atoms. The van der Waals surface area contributed by atoms with E-state index in [1.54, 1.807) is 37.3 Å². The number of halogens is 2. The van der Waals surface area contributed by atoms with Crippen LogP contribution in [-0.2, 0) is 11.3 Å².